The predicted molar refractivity (Wildman–Crippen MR) is 58.3 cm³/mol. The molecule has 6 nitrogen and oxygen atoms in total. The summed E-state index contributed by atoms with van der Waals surface area (Å²) in [5.41, 5.74) is -0.0293. The second-order valence-corrected chi connectivity index (χ2v) is 3.07. The van der Waals surface area contributed by atoms with Gasteiger partial charge in [-0.2, -0.15) is 5.26 Å². The smallest absolute Gasteiger partial charge is 0.343 e. The summed E-state index contributed by atoms with van der Waals surface area (Å²) in [7, 11) is 1.16. The number of phenols is 1. The van der Waals surface area contributed by atoms with Crippen LogP contribution < -0.4 is 5.32 Å². The Morgan fingerprint density at radius 2 is 2.24 bits per heavy atom. The Hall–Kier alpha value is -2.55. The van der Waals surface area contributed by atoms with Gasteiger partial charge in [-0.05, 0) is 12.1 Å². The molecule has 1 rings (SSSR count). The lowest BCUT2D eigenvalue weighted by Crippen LogP contribution is -2.14. The number of carbonyl (C=O) groups excluding carboxylic acids is 2. The fourth-order valence-corrected chi connectivity index (χ4v) is 1.23. The average molecular weight is 234 g/mol. The highest BCUT2D eigenvalue weighted by atomic mass is 16.5. The zero-order chi connectivity index (χ0) is 12.8. The number of aromatic hydroxyl groups is 1. The van der Waals surface area contributed by atoms with Crippen LogP contribution in [0.3, 0.4) is 0 Å². The summed E-state index contributed by atoms with van der Waals surface area (Å²) < 4.78 is 4.48. The summed E-state index contributed by atoms with van der Waals surface area (Å²) in [5.74, 6) is -1.63. The molecule has 0 unspecified atom stereocenters. The highest BCUT2D eigenvalue weighted by molar-refractivity contribution is 6.03. The Bertz CT molecular complexity index is 491. The number of carbonyl (C=O) groups is 2. The summed E-state index contributed by atoms with van der Waals surface area (Å²) in [6, 6.07) is 5.87. The summed E-state index contributed by atoms with van der Waals surface area (Å²) >= 11 is 0. The molecular formula is C11H10N2O4. The first-order valence-corrected chi connectivity index (χ1v) is 4.67. The Kier molecular flexibility index (Phi) is 4.06. The number of benzene rings is 1. The lowest BCUT2D eigenvalue weighted by Gasteiger charge is -2.09. The van der Waals surface area contributed by atoms with Crippen LogP contribution in [-0.2, 0) is 9.53 Å². The molecule has 0 aromatic heterocycles. The maximum Gasteiger partial charge on any atom is 0.343 e. The first-order valence-electron chi connectivity index (χ1n) is 4.67. The van der Waals surface area contributed by atoms with E-state index in [0.717, 1.165) is 7.11 Å². The van der Waals surface area contributed by atoms with Crippen LogP contribution in [0, 0.1) is 11.3 Å². The highest BCUT2D eigenvalue weighted by Gasteiger charge is 2.17. The summed E-state index contributed by atoms with van der Waals surface area (Å²) in [6.07, 6.45) is -0.337. The quantitative estimate of drug-likeness (QED) is 0.761. The Labute approximate surface area is 97.4 Å². The van der Waals surface area contributed by atoms with Crippen LogP contribution in [0.25, 0.3) is 0 Å². The molecule has 0 fully saturated rings. The molecule has 0 saturated carbocycles. The molecule has 0 aliphatic carbocycles. The first-order chi connectivity index (χ1) is 8.10. The van der Waals surface area contributed by atoms with Gasteiger partial charge in [-0.15, -0.1) is 0 Å². The van der Waals surface area contributed by atoms with Gasteiger partial charge in [0.15, 0.2) is 0 Å². The molecule has 0 bridgehead atoms. The van der Waals surface area contributed by atoms with E-state index in [1.54, 1.807) is 6.07 Å². The van der Waals surface area contributed by atoms with Crippen molar-refractivity contribution in [2.24, 2.45) is 0 Å². The third kappa shape index (κ3) is 2.95. The molecule has 0 heterocycles. The molecule has 1 aromatic carbocycles. The van der Waals surface area contributed by atoms with Crippen LogP contribution in [0.2, 0.25) is 0 Å². The van der Waals surface area contributed by atoms with E-state index < -0.39 is 11.9 Å². The zero-order valence-corrected chi connectivity index (χ0v) is 9.06. The van der Waals surface area contributed by atoms with Crippen molar-refractivity contribution in [2.45, 2.75) is 6.42 Å². The number of hydrogen-bond donors (Lipinski definition) is 2. The third-order valence-corrected chi connectivity index (χ3v) is 1.95. The van der Waals surface area contributed by atoms with E-state index in [4.69, 9.17) is 5.26 Å². The molecule has 1 aromatic rings. The summed E-state index contributed by atoms with van der Waals surface area (Å²) in [5, 5.41) is 20.2. The first kappa shape index (κ1) is 12.5. The number of methoxy groups -OCH3 is 1. The number of nitriles is 1. The van der Waals surface area contributed by atoms with Crippen molar-refractivity contribution in [2.75, 3.05) is 12.4 Å². The third-order valence-electron chi connectivity index (χ3n) is 1.95. The highest BCUT2D eigenvalue weighted by Crippen LogP contribution is 2.26. The van der Waals surface area contributed by atoms with Crippen molar-refractivity contribution < 1.29 is 19.4 Å². The minimum Gasteiger partial charge on any atom is -0.507 e. The van der Waals surface area contributed by atoms with Crippen LogP contribution in [0.5, 0.6) is 5.75 Å². The number of nitrogens with one attached hydrogen (secondary N) is 1. The minimum absolute atomic E-state index is 0.108. The molecule has 0 atom stereocenters. The van der Waals surface area contributed by atoms with E-state index in [9.17, 15) is 14.7 Å². The molecule has 0 aliphatic heterocycles. The zero-order valence-electron chi connectivity index (χ0n) is 9.06. The summed E-state index contributed by atoms with van der Waals surface area (Å²) in [4.78, 5) is 22.6. The van der Waals surface area contributed by atoms with Gasteiger partial charge >= 0.3 is 5.97 Å². The van der Waals surface area contributed by atoms with E-state index in [2.05, 4.69) is 10.1 Å². The Morgan fingerprint density at radius 3 is 2.82 bits per heavy atom. The molecule has 88 valence electrons. The van der Waals surface area contributed by atoms with Gasteiger partial charge < -0.3 is 15.2 Å². The number of nitrogens with zero attached hydrogens (tertiary/aromatic N) is 1. The number of rotatable bonds is 3. The molecule has 0 spiro atoms. The number of esters is 1. The number of ether oxygens (including phenoxy) is 1. The Balaban J connectivity index is 3.07. The van der Waals surface area contributed by atoms with Gasteiger partial charge in [-0.3, -0.25) is 4.79 Å². The van der Waals surface area contributed by atoms with Crippen molar-refractivity contribution in [1.82, 2.24) is 0 Å². The number of hydrogen-bond acceptors (Lipinski definition) is 5. The van der Waals surface area contributed by atoms with Crippen LogP contribution in [0.1, 0.15) is 16.8 Å². The molecule has 0 saturated heterocycles. The van der Waals surface area contributed by atoms with Gasteiger partial charge in [0.25, 0.3) is 0 Å². The molecular weight excluding hydrogens is 224 g/mol. The van der Waals surface area contributed by atoms with Crippen molar-refractivity contribution in [3.63, 3.8) is 0 Å². The van der Waals surface area contributed by atoms with Crippen LogP contribution in [-0.4, -0.2) is 24.1 Å². The maximum absolute atomic E-state index is 11.4. The second-order valence-electron chi connectivity index (χ2n) is 3.07. The van der Waals surface area contributed by atoms with Gasteiger partial charge in [0, 0.05) is 0 Å². The average Bonchev–Trinajstić information content (AvgIpc) is 2.28. The van der Waals surface area contributed by atoms with Crippen molar-refractivity contribution in [3.05, 3.63) is 23.8 Å². The fraction of sp³-hybridized carbons (Fsp3) is 0.182. The fourth-order valence-electron chi connectivity index (χ4n) is 1.23. The Morgan fingerprint density at radius 1 is 1.53 bits per heavy atom. The van der Waals surface area contributed by atoms with Crippen molar-refractivity contribution in [1.29, 1.82) is 5.26 Å². The molecule has 17 heavy (non-hydrogen) atoms. The van der Waals surface area contributed by atoms with Crippen LogP contribution in [0.15, 0.2) is 18.2 Å². The van der Waals surface area contributed by atoms with Crippen LogP contribution >= 0.6 is 0 Å². The van der Waals surface area contributed by atoms with E-state index in [0.29, 0.717) is 0 Å². The van der Waals surface area contributed by atoms with Crippen molar-refractivity contribution in [3.8, 4) is 11.8 Å². The predicted octanol–water partition coefficient (Wildman–Crippen LogP) is 1.03. The van der Waals surface area contributed by atoms with Crippen molar-refractivity contribution >= 4 is 17.6 Å². The van der Waals surface area contributed by atoms with E-state index in [1.807, 2.05) is 0 Å². The lowest BCUT2D eigenvalue weighted by molar-refractivity contribution is -0.115. The SMILES string of the molecule is COC(=O)c1c(O)cccc1NC(=O)CC#N. The van der Waals surface area contributed by atoms with E-state index >= 15 is 0 Å². The van der Waals surface area contributed by atoms with Gasteiger partial charge in [0.1, 0.15) is 17.7 Å². The molecule has 6 heteroatoms. The van der Waals surface area contributed by atoms with Gasteiger partial charge in [0.2, 0.25) is 5.91 Å². The number of amides is 1. The second kappa shape index (κ2) is 5.51. The number of anilines is 1. The standard InChI is InChI=1S/C11H10N2O4/c1-17-11(16)10-7(3-2-4-8(10)14)13-9(15)5-6-12/h2-4,14H,5H2,1H3,(H,13,15). The van der Waals surface area contributed by atoms with Gasteiger partial charge in [-0.1, -0.05) is 6.07 Å². The topological polar surface area (TPSA) is 99.4 Å². The van der Waals surface area contributed by atoms with Crippen LogP contribution in [0.4, 0.5) is 5.69 Å². The normalized spacial score (nSPS) is 9.18. The molecule has 0 radical (unpaired) electrons. The monoisotopic (exact) mass is 234 g/mol. The van der Waals surface area contributed by atoms with E-state index in [1.165, 1.54) is 18.2 Å². The van der Waals surface area contributed by atoms with Gasteiger partial charge in [0.05, 0.1) is 18.9 Å². The molecule has 0 aliphatic rings. The van der Waals surface area contributed by atoms with E-state index in [-0.39, 0.29) is 23.4 Å². The largest absolute Gasteiger partial charge is 0.507 e. The number of phenolic OH excluding ortho intramolecular Hbond substituents is 1. The minimum atomic E-state index is -0.768. The lowest BCUT2D eigenvalue weighted by atomic mass is 10.1. The van der Waals surface area contributed by atoms with Gasteiger partial charge in [-0.25, -0.2) is 4.79 Å². The molecule has 2 N–H and O–H groups in total. The summed E-state index contributed by atoms with van der Waals surface area (Å²) in [6.45, 7) is 0. The molecule has 1 amide bonds. The maximum atomic E-state index is 11.4.